The van der Waals surface area contributed by atoms with Crippen molar-refractivity contribution in [3.63, 3.8) is 0 Å². The molecule has 26 heavy (non-hydrogen) atoms. The fourth-order valence-corrected chi connectivity index (χ4v) is 2.57. The van der Waals surface area contributed by atoms with Crippen molar-refractivity contribution in [2.45, 2.75) is 0 Å². The molecular formula is C17H14N6O3. The molecule has 0 atom stereocenters. The van der Waals surface area contributed by atoms with Crippen molar-refractivity contribution in [3.8, 4) is 17.2 Å². The first-order valence-corrected chi connectivity index (χ1v) is 7.66. The number of methoxy groups -OCH3 is 1. The van der Waals surface area contributed by atoms with Crippen LogP contribution in [0.15, 0.2) is 53.4 Å². The van der Waals surface area contributed by atoms with E-state index in [1.165, 1.54) is 24.3 Å². The molecule has 1 aromatic carbocycles. The number of ether oxygens (including phenoxy) is 1. The lowest BCUT2D eigenvalue weighted by Crippen LogP contribution is -2.19. The first-order chi connectivity index (χ1) is 12.7. The van der Waals surface area contributed by atoms with Crippen LogP contribution in [0.5, 0.6) is 5.75 Å². The van der Waals surface area contributed by atoms with Crippen LogP contribution in [0.2, 0.25) is 0 Å². The second kappa shape index (κ2) is 6.20. The molecule has 9 nitrogen and oxygen atoms in total. The average molecular weight is 350 g/mol. The van der Waals surface area contributed by atoms with E-state index >= 15 is 0 Å². The number of benzene rings is 1. The van der Waals surface area contributed by atoms with Gasteiger partial charge in [0.2, 0.25) is 5.95 Å². The van der Waals surface area contributed by atoms with Crippen LogP contribution >= 0.6 is 0 Å². The minimum absolute atomic E-state index is 0.00995. The van der Waals surface area contributed by atoms with Crippen LogP contribution in [0.1, 0.15) is 0 Å². The number of carbonyl (C=O) groups is 1. The molecule has 0 unspecified atom stereocenters. The molecule has 3 N–H and O–H groups in total. The molecule has 0 radical (unpaired) electrons. The van der Waals surface area contributed by atoms with E-state index in [0.717, 1.165) is 0 Å². The number of hydrogen-bond donors (Lipinski definition) is 2. The molecule has 9 heteroatoms. The molecule has 3 aromatic heterocycles. The third kappa shape index (κ3) is 2.61. The van der Waals surface area contributed by atoms with Crippen LogP contribution in [-0.2, 0) is 0 Å². The minimum atomic E-state index is -0.458. The maximum Gasteiger partial charge on any atom is 0.333 e. The molecule has 0 spiro atoms. The smallest absolute Gasteiger partial charge is 0.333 e. The predicted octanol–water partition coefficient (Wildman–Crippen LogP) is 2.76. The summed E-state index contributed by atoms with van der Waals surface area (Å²) in [6.45, 7) is 0. The van der Waals surface area contributed by atoms with E-state index in [-0.39, 0.29) is 11.6 Å². The first kappa shape index (κ1) is 15.6. The van der Waals surface area contributed by atoms with Crippen molar-refractivity contribution < 1.29 is 13.9 Å². The molecular weight excluding hydrogens is 336 g/mol. The molecule has 0 aliphatic heterocycles. The molecule has 0 fully saturated rings. The lowest BCUT2D eigenvalue weighted by atomic mass is 10.3. The molecule has 0 saturated carbocycles. The van der Waals surface area contributed by atoms with E-state index in [1.807, 2.05) is 6.07 Å². The lowest BCUT2D eigenvalue weighted by Gasteiger charge is -2.10. The fourth-order valence-electron chi connectivity index (χ4n) is 2.57. The number of nitrogens with one attached hydrogen (secondary N) is 1. The Kier molecular flexibility index (Phi) is 3.73. The third-order valence-electron chi connectivity index (χ3n) is 3.74. The number of fused-ring (bicyclic) bond motifs is 1. The molecule has 0 saturated heterocycles. The number of para-hydroxylation sites is 2. The Morgan fingerprint density at radius 2 is 2.08 bits per heavy atom. The summed E-state index contributed by atoms with van der Waals surface area (Å²) in [6, 6.07) is 10.1. The number of rotatable bonds is 3. The normalized spacial score (nSPS) is 10.8. The van der Waals surface area contributed by atoms with Crippen molar-refractivity contribution in [1.29, 1.82) is 0 Å². The van der Waals surface area contributed by atoms with Crippen LogP contribution in [0.25, 0.3) is 22.6 Å². The standard InChI is InChI=1S/C17H14N6O3/c1-25-11-6-3-2-5-10(11)20-17(24)23-9-19-14-13(12-7-4-8-26-12)21-16(18)22-15(14)23/h2-9H,1H3,(H,20,24)(H2,18,21,22). The SMILES string of the molecule is COc1ccccc1NC(=O)n1cnc2c(-c3ccco3)nc(N)nc21. The number of carbonyl (C=O) groups excluding carboxylic acids is 1. The number of amides is 1. The van der Waals surface area contributed by atoms with Crippen molar-refractivity contribution >= 4 is 28.8 Å². The predicted molar refractivity (Wildman–Crippen MR) is 94.8 cm³/mol. The molecule has 0 bridgehead atoms. The van der Waals surface area contributed by atoms with Crippen LogP contribution in [-0.4, -0.2) is 32.7 Å². The molecule has 4 rings (SSSR count). The summed E-state index contributed by atoms with van der Waals surface area (Å²) >= 11 is 0. The van der Waals surface area contributed by atoms with E-state index in [1.54, 1.807) is 30.3 Å². The highest BCUT2D eigenvalue weighted by atomic mass is 16.5. The van der Waals surface area contributed by atoms with Crippen LogP contribution in [0.3, 0.4) is 0 Å². The molecule has 0 aliphatic carbocycles. The van der Waals surface area contributed by atoms with Gasteiger partial charge in [-0.05, 0) is 24.3 Å². The minimum Gasteiger partial charge on any atom is -0.495 e. The van der Waals surface area contributed by atoms with Gasteiger partial charge in [-0.15, -0.1) is 0 Å². The van der Waals surface area contributed by atoms with Gasteiger partial charge in [0, 0.05) is 0 Å². The quantitative estimate of drug-likeness (QED) is 0.582. The number of hydrogen-bond acceptors (Lipinski definition) is 7. The van der Waals surface area contributed by atoms with Crippen LogP contribution < -0.4 is 15.8 Å². The molecule has 4 aromatic rings. The zero-order valence-electron chi connectivity index (χ0n) is 13.7. The van der Waals surface area contributed by atoms with Gasteiger partial charge in [-0.3, -0.25) is 0 Å². The van der Waals surface area contributed by atoms with E-state index in [0.29, 0.717) is 28.4 Å². The van der Waals surface area contributed by atoms with Gasteiger partial charge >= 0.3 is 6.03 Å². The van der Waals surface area contributed by atoms with Gasteiger partial charge < -0.3 is 20.2 Å². The molecule has 3 heterocycles. The summed E-state index contributed by atoms with van der Waals surface area (Å²) in [5.74, 6) is 1.03. The van der Waals surface area contributed by atoms with Crippen LogP contribution in [0.4, 0.5) is 16.4 Å². The summed E-state index contributed by atoms with van der Waals surface area (Å²) in [4.78, 5) is 25.3. The van der Waals surface area contributed by atoms with Gasteiger partial charge in [0.05, 0.1) is 19.1 Å². The van der Waals surface area contributed by atoms with E-state index in [4.69, 9.17) is 14.9 Å². The highest BCUT2D eigenvalue weighted by molar-refractivity contribution is 5.99. The molecule has 0 aliphatic rings. The zero-order valence-corrected chi connectivity index (χ0v) is 13.7. The second-order valence-electron chi connectivity index (χ2n) is 5.32. The molecule has 130 valence electrons. The summed E-state index contributed by atoms with van der Waals surface area (Å²) < 4.78 is 11.9. The Morgan fingerprint density at radius 1 is 1.23 bits per heavy atom. The summed E-state index contributed by atoms with van der Waals surface area (Å²) in [5.41, 5.74) is 7.42. The Hall–Kier alpha value is -3.88. The number of nitrogens with two attached hydrogens (primary N) is 1. The summed E-state index contributed by atoms with van der Waals surface area (Å²) in [5, 5.41) is 2.76. The van der Waals surface area contributed by atoms with E-state index in [2.05, 4.69) is 20.3 Å². The maximum absolute atomic E-state index is 12.7. The van der Waals surface area contributed by atoms with Gasteiger partial charge in [0.15, 0.2) is 11.4 Å². The number of anilines is 2. The highest BCUT2D eigenvalue weighted by Gasteiger charge is 2.19. The summed E-state index contributed by atoms with van der Waals surface area (Å²) in [6.07, 6.45) is 2.88. The number of nitrogens with zero attached hydrogens (tertiary/aromatic N) is 4. The lowest BCUT2D eigenvalue weighted by molar-refractivity contribution is 0.254. The van der Waals surface area contributed by atoms with Crippen molar-refractivity contribution in [2.24, 2.45) is 0 Å². The van der Waals surface area contributed by atoms with Gasteiger partial charge in [-0.2, -0.15) is 4.98 Å². The largest absolute Gasteiger partial charge is 0.495 e. The number of aromatic nitrogens is 4. The Balaban J connectivity index is 1.77. The Bertz CT molecular complexity index is 1090. The maximum atomic E-state index is 12.7. The first-order valence-electron chi connectivity index (χ1n) is 7.66. The van der Waals surface area contributed by atoms with E-state index < -0.39 is 6.03 Å². The van der Waals surface area contributed by atoms with Gasteiger partial charge in [0.25, 0.3) is 0 Å². The van der Waals surface area contributed by atoms with Crippen molar-refractivity contribution in [3.05, 3.63) is 49.0 Å². The zero-order chi connectivity index (χ0) is 18.1. The Labute approximate surface area is 147 Å². The monoisotopic (exact) mass is 350 g/mol. The van der Waals surface area contributed by atoms with E-state index in [9.17, 15) is 4.79 Å². The summed E-state index contributed by atoms with van der Waals surface area (Å²) in [7, 11) is 1.53. The Morgan fingerprint density at radius 3 is 2.85 bits per heavy atom. The van der Waals surface area contributed by atoms with Crippen molar-refractivity contribution in [2.75, 3.05) is 18.2 Å². The van der Waals surface area contributed by atoms with Gasteiger partial charge in [0.1, 0.15) is 23.3 Å². The van der Waals surface area contributed by atoms with Crippen molar-refractivity contribution in [1.82, 2.24) is 19.5 Å². The van der Waals surface area contributed by atoms with Gasteiger partial charge in [-0.1, -0.05) is 12.1 Å². The number of imidazole rings is 1. The number of furan rings is 1. The van der Waals surface area contributed by atoms with Crippen LogP contribution in [0, 0.1) is 0 Å². The topological polar surface area (TPSA) is 121 Å². The molecule has 1 amide bonds. The highest BCUT2D eigenvalue weighted by Crippen LogP contribution is 2.27. The fraction of sp³-hybridized carbons (Fsp3) is 0.0588. The third-order valence-corrected chi connectivity index (χ3v) is 3.74. The average Bonchev–Trinajstić information content (AvgIpc) is 3.31. The number of nitrogen functional groups attached to an aromatic ring is 1. The van der Waals surface area contributed by atoms with Gasteiger partial charge in [-0.25, -0.2) is 19.3 Å². The second-order valence-corrected chi connectivity index (χ2v) is 5.32.